The molecule has 0 amide bonds. The molecule has 0 saturated heterocycles. The molecule has 0 unspecified atom stereocenters. The van der Waals surface area contributed by atoms with Crippen LogP contribution in [0.15, 0.2) is 54.9 Å². The van der Waals surface area contributed by atoms with Crippen LogP contribution in [0.5, 0.6) is 0 Å². The van der Waals surface area contributed by atoms with Crippen molar-refractivity contribution < 1.29 is 0 Å². The Hall–Kier alpha value is -3.06. The van der Waals surface area contributed by atoms with Crippen LogP contribution in [0.3, 0.4) is 0 Å². The summed E-state index contributed by atoms with van der Waals surface area (Å²) >= 11 is 6.32. The number of nitrogens with one attached hydrogen (secondary N) is 2. The molecule has 0 saturated carbocycles. The van der Waals surface area contributed by atoms with Gasteiger partial charge in [-0.05, 0) is 60.3 Å². The molecule has 2 aromatic carbocycles. The van der Waals surface area contributed by atoms with E-state index in [1.807, 2.05) is 37.5 Å². The zero-order valence-electron chi connectivity index (χ0n) is 16.1. The molecule has 2 aromatic heterocycles. The normalized spacial score (nSPS) is 13.0. The van der Waals surface area contributed by atoms with Gasteiger partial charge in [-0.25, -0.2) is 4.98 Å². The van der Waals surface area contributed by atoms with Gasteiger partial charge in [0.25, 0.3) is 0 Å². The van der Waals surface area contributed by atoms with E-state index in [4.69, 9.17) is 11.6 Å². The summed E-state index contributed by atoms with van der Waals surface area (Å²) in [5.41, 5.74) is 8.80. The predicted molar refractivity (Wildman–Crippen MR) is 119 cm³/mol. The molecule has 0 fully saturated rings. The van der Waals surface area contributed by atoms with Crippen LogP contribution in [-0.4, -0.2) is 16.5 Å². The van der Waals surface area contributed by atoms with Gasteiger partial charge in [0, 0.05) is 35.5 Å². The van der Waals surface area contributed by atoms with E-state index in [1.165, 1.54) is 16.7 Å². The SMILES string of the molecule is Cc1cccc(Cl)c1C#Cc1c[nH]c2ncc(-c3ccc4c(c3)CNCC4)cc12. The van der Waals surface area contributed by atoms with E-state index in [0.29, 0.717) is 5.02 Å². The number of hydrogen-bond donors (Lipinski definition) is 2. The number of fused-ring (bicyclic) bond motifs is 2. The Balaban J connectivity index is 1.56. The van der Waals surface area contributed by atoms with Crippen molar-refractivity contribution in [3.63, 3.8) is 0 Å². The van der Waals surface area contributed by atoms with Gasteiger partial charge < -0.3 is 10.3 Å². The van der Waals surface area contributed by atoms with E-state index in [2.05, 4.69) is 51.4 Å². The van der Waals surface area contributed by atoms with E-state index in [9.17, 15) is 0 Å². The molecule has 0 aliphatic carbocycles. The Morgan fingerprint density at radius 2 is 1.97 bits per heavy atom. The van der Waals surface area contributed by atoms with Crippen molar-refractivity contribution in [2.75, 3.05) is 6.54 Å². The first kappa shape index (κ1) is 18.0. The summed E-state index contributed by atoms with van der Waals surface area (Å²) in [4.78, 5) is 7.84. The first-order valence-electron chi connectivity index (χ1n) is 9.76. The van der Waals surface area contributed by atoms with Gasteiger partial charge >= 0.3 is 0 Å². The van der Waals surface area contributed by atoms with Gasteiger partial charge in [0.05, 0.1) is 10.6 Å². The van der Waals surface area contributed by atoms with Crippen LogP contribution in [0.1, 0.15) is 27.8 Å². The Bertz CT molecular complexity index is 1270. The molecule has 0 atom stereocenters. The fraction of sp³-hybridized carbons (Fsp3) is 0.160. The zero-order chi connectivity index (χ0) is 19.8. The van der Waals surface area contributed by atoms with Gasteiger partial charge in [-0.3, -0.25) is 0 Å². The van der Waals surface area contributed by atoms with E-state index < -0.39 is 0 Å². The highest BCUT2D eigenvalue weighted by Crippen LogP contribution is 2.27. The summed E-state index contributed by atoms with van der Waals surface area (Å²) in [5.74, 6) is 6.52. The molecule has 3 nitrogen and oxygen atoms in total. The number of aromatic nitrogens is 2. The van der Waals surface area contributed by atoms with Crippen molar-refractivity contribution in [2.45, 2.75) is 19.9 Å². The summed E-state index contributed by atoms with van der Waals surface area (Å²) in [6.07, 6.45) is 4.93. The summed E-state index contributed by atoms with van der Waals surface area (Å²) in [6.45, 7) is 4.00. The first-order valence-corrected chi connectivity index (χ1v) is 10.1. The predicted octanol–water partition coefficient (Wildman–Crippen LogP) is 5.24. The van der Waals surface area contributed by atoms with Gasteiger partial charge in [0.15, 0.2) is 0 Å². The third-order valence-electron chi connectivity index (χ3n) is 5.50. The standard InChI is InChI=1S/C25H20ClN3/c1-16-3-2-4-24(26)22(16)8-7-19-14-28-25-23(19)12-21(15-29-25)18-6-5-17-9-10-27-13-20(17)11-18/h2-6,11-12,14-15,27H,9-10,13H2,1H3,(H,28,29). The second-order valence-electron chi connectivity index (χ2n) is 7.41. The average Bonchev–Trinajstić information content (AvgIpc) is 3.15. The van der Waals surface area contributed by atoms with Crippen LogP contribution >= 0.6 is 11.6 Å². The van der Waals surface area contributed by atoms with Crippen LogP contribution in [0, 0.1) is 18.8 Å². The Labute approximate surface area is 175 Å². The number of aryl methyl sites for hydroxylation is 1. The minimum absolute atomic E-state index is 0.679. The third-order valence-corrected chi connectivity index (χ3v) is 5.82. The lowest BCUT2D eigenvalue weighted by atomic mass is 9.96. The van der Waals surface area contributed by atoms with Crippen LogP contribution in [0.25, 0.3) is 22.2 Å². The number of nitrogens with zero attached hydrogens (tertiary/aromatic N) is 1. The maximum atomic E-state index is 6.32. The number of benzene rings is 2. The number of rotatable bonds is 1. The highest BCUT2D eigenvalue weighted by atomic mass is 35.5. The third kappa shape index (κ3) is 3.42. The minimum Gasteiger partial charge on any atom is -0.345 e. The Morgan fingerprint density at radius 1 is 1.03 bits per heavy atom. The number of halogens is 1. The molecule has 142 valence electrons. The molecule has 3 heterocycles. The van der Waals surface area contributed by atoms with E-state index in [0.717, 1.165) is 52.8 Å². The monoisotopic (exact) mass is 397 g/mol. The van der Waals surface area contributed by atoms with Gasteiger partial charge in [0.1, 0.15) is 5.65 Å². The van der Waals surface area contributed by atoms with Crippen molar-refractivity contribution in [1.82, 2.24) is 15.3 Å². The summed E-state index contributed by atoms with van der Waals surface area (Å²) < 4.78 is 0. The van der Waals surface area contributed by atoms with Crippen LogP contribution in [0.4, 0.5) is 0 Å². The van der Waals surface area contributed by atoms with E-state index >= 15 is 0 Å². The average molecular weight is 398 g/mol. The molecule has 0 spiro atoms. The molecule has 4 aromatic rings. The van der Waals surface area contributed by atoms with E-state index in [1.54, 1.807) is 0 Å². The lowest BCUT2D eigenvalue weighted by Gasteiger charge is -2.17. The quantitative estimate of drug-likeness (QED) is 0.431. The van der Waals surface area contributed by atoms with Crippen molar-refractivity contribution in [3.8, 4) is 23.0 Å². The molecule has 1 aliphatic heterocycles. The molecule has 5 rings (SSSR count). The van der Waals surface area contributed by atoms with Gasteiger partial charge in [-0.1, -0.05) is 47.7 Å². The maximum absolute atomic E-state index is 6.32. The second-order valence-corrected chi connectivity index (χ2v) is 7.82. The summed E-state index contributed by atoms with van der Waals surface area (Å²) in [7, 11) is 0. The molecule has 4 heteroatoms. The number of hydrogen-bond acceptors (Lipinski definition) is 2. The fourth-order valence-electron chi connectivity index (χ4n) is 3.84. The molecule has 0 bridgehead atoms. The van der Waals surface area contributed by atoms with Crippen molar-refractivity contribution in [2.24, 2.45) is 0 Å². The first-order chi connectivity index (χ1) is 14.2. The van der Waals surface area contributed by atoms with Crippen molar-refractivity contribution in [3.05, 3.63) is 87.7 Å². The molecule has 1 aliphatic rings. The number of aromatic amines is 1. The highest BCUT2D eigenvalue weighted by Gasteiger charge is 2.11. The Kier molecular flexibility index (Phi) is 4.60. The molecule has 0 radical (unpaired) electrons. The smallest absolute Gasteiger partial charge is 0.138 e. The van der Waals surface area contributed by atoms with Gasteiger partial charge in [0.2, 0.25) is 0 Å². The molecule has 29 heavy (non-hydrogen) atoms. The highest BCUT2D eigenvalue weighted by molar-refractivity contribution is 6.31. The summed E-state index contributed by atoms with van der Waals surface area (Å²) in [5, 5.41) is 5.15. The van der Waals surface area contributed by atoms with Crippen LogP contribution in [0.2, 0.25) is 5.02 Å². The lowest BCUT2D eigenvalue weighted by molar-refractivity contribution is 0.644. The topological polar surface area (TPSA) is 40.7 Å². The minimum atomic E-state index is 0.679. The van der Waals surface area contributed by atoms with E-state index in [-0.39, 0.29) is 0 Å². The maximum Gasteiger partial charge on any atom is 0.138 e. The lowest BCUT2D eigenvalue weighted by Crippen LogP contribution is -2.23. The largest absolute Gasteiger partial charge is 0.345 e. The van der Waals surface area contributed by atoms with Gasteiger partial charge in [-0.15, -0.1) is 0 Å². The van der Waals surface area contributed by atoms with Crippen molar-refractivity contribution in [1.29, 1.82) is 0 Å². The number of pyridine rings is 1. The molecule has 2 N–H and O–H groups in total. The number of H-pyrrole nitrogens is 1. The molecular weight excluding hydrogens is 378 g/mol. The Morgan fingerprint density at radius 3 is 2.86 bits per heavy atom. The fourth-order valence-corrected chi connectivity index (χ4v) is 4.11. The van der Waals surface area contributed by atoms with Crippen LogP contribution < -0.4 is 5.32 Å². The molecular formula is C25H20ClN3. The van der Waals surface area contributed by atoms with Gasteiger partial charge in [-0.2, -0.15) is 0 Å². The van der Waals surface area contributed by atoms with Crippen LogP contribution in [-0.2, 0) is 13.0 Å². The zero-order valence-corrected chi connectivity index (χ0v) is 16.9. The summed E-state index contributed by atoms with van der Waals surface area (Å²) in [6, 6.07) is 14.7. The van der Waals surface area contributed by atoms with Crippen molar-refractivity contribution >= 4 is 22.6 Å². The second kappa shape index (κ2) is 7.40.